The zero-order valence-electron chi connectivity index (χ0n) is 19.1. The van der Waals surface area contributed by atoms with Crippen molar-refractivity contribution in [2.75, 3.05) is 31.1 Å². The molecule has 2 heterocycles. The molecule has 1 aromatic heterocycles. The average molecular weight is 412 g/mol. The number of urea groups is 1. The van der Waals surface area contributed by atoms with Crippen LogP contribution in [0.4, 0.5) is 10.6 Å². The maximum Gasteiger partial charge on any atom is 0.317 e. The lowest BCUT2D eigenvalue weighted by Gasteiger charge is -2.57. The largest absolute Gasteiger partial charge is 0.353 e. The molecule has 4 saturated carbocycles. The molecule has 0 unspecified atom stereocenters. The molecule has 1 saturated heterocycles. The Kier molecular flexibility index (Phi) is 4.94. The Hall–Kier alpha value is -1.85. The van der Waals surface area contributed by atoms with Crippen LogP contribution in [-0.2, 0) is 0 Å². The minimum Gasteiger partial charge on any atom is -0.353 e. The Morgan fingerprint density at radius 2 is 1.53 bits per heavy atom. The number of amides is 2. The maximum absolute atomic E-state index is 13.2. The number of hydrogen-bond acceptors (Lipinski definition) is 4. The molecule has 5 fully saturated rings. The number of aromatic nitrogens is 2. The summed E-state index contributed by atoms with van der Waals surface area (Å²) in [4.78, 5) is 26.9. The van der Waals surface area contributed by atoms with Gasteiger partial charge < -0.3 is 15.1 Å². The van der Waals surface area contributed by atoms with Crippen molar-refractivity contribution in [2.24, 2.45) is 17.8 Å². The van der Waals surface area contributed by atoms with E-state index < -0.39 is 0 Å². The van der Waals surface area contributed by atoms with Crippen molar-refractivity contribution in [1.29, 1.82) is 0 Å². The van der Waals surface area contributed by atoms with E-state index in [0.29, 0.717) is 5.92 Å². The van der Waals surface area contributed by atoms with Crippen LogP contribution in [0.5, 0.6) is 0 Å². The molecule has 1 N–H and O–H groups in total. The molecule has 5 aliphatic rings. The van der Waals surface area contributed by atoms with Crippen molar-refractivity contribution in [3.05, 3.63) is 17.1 Å². The number of nitrogens with one attached hydrogen (secondary N) is 1. The van der Waals surface area contributed by atoms with Gasteiger partial charge in [0.1, 0.15) is 11.6 Å². The number of aryl methyl sites for hydroxylation is 2. The van der Waals surface area contributed by atoms with Gasteiger partial charge in [-0.05, 0) is 76.0 Å². The van der Waals surface area contributed by atoms with E-state index >= 15 is 0 Å². The summed E-state index contributed by atoms with van der Waals surface area (Å²) in [5, 5.41) is 3.54. The van der Waals surface area contributed by atoms with Crippen molar-refractivity contribution < 1.29 is 4.79 Å². The van der Waals surface area contributed by atoms with Crippen LogP contribution in [-0.4, -0.2) is 52.6 Å². The summed E-state index contributed by atoms with van der Waals surface area (Å²) in [6, 6.07) is 0.163. The van der Waals surface area contributed by atoms with Gasteiger partial charge in [0.15, 0.2) is 0 Å². The van der Waals surface area contributed by atoms with Crippen molar-refractivity contribution in [3.8, 4) is 0 Å². The molecule has 30 heavy (non-hydrogen) atoms. The van der Waals surface area contributed by atoms with Crippen LogP contribution in [0.3, 0.4) is 0 Å². The molecular weight excluding hydrogens is 374 g/mol. The van der Waals surface area contributed by atoms with Gasteiger partial charge in [0.2, 0.25) is 0 Å². The fourth-order valence-corrected chi connectivity index (χ4v) is 7.31. The van der Waals surface area contributed by atoms with E-state index in [9.17, 15) is 4.79 Å². The highest BCUT2D eigenvalue weighted by Gasteiger charge is 2.51. The molecule has 0 spiro atoms. The normalized spacial score (nSPS) is 32.8. The van der Waals surface area contributed by atoms with E-state index in [4.69, 9.17) is 4.98 Å². The van der Waals surface area contributed by atoms with Gasteiger partial charge in [-0.25, -0.2) is 14.8 Å². The second kappa shape index (κ2) is 7.38. The van der Waals surface area contributed by atoms with Crippen molar-refractivity contribution in [1.82, 2.24) is 20.2 Å². The fourth-order valence-electron chi connectivity index (χ4n) is 7.31. The van der Waals surface area contributed by atoms with E-state index in [1.165, 1.54) is 44.1 Å². The molecule has 164 valence electrons. The summed E-state index contributed by atoms with van der Waals surface area (Å²) in [6.45, 7) is 11.7. The average Bonchev–Trinajstić information content (AvgIpc) is 2.65. The topological polar surface area (TPSA) is 61.4 Å². The minimum absolute atomic E-state index is 0.0919. The Morgan fingerprint density at radius 3 is 2.07 bits per heavy atom. The maximum atomic E-state index is 13.2. The molecule has 0 radical (unpaired) electrons. The predicted octanol–water partition coefficient (Wildman–Crippen LogP) is 4.02. The van der Waals surface area contributed by atoms with Crippen LogP contribution in [0.25, 0.3) is 0 Å². The highest BCUT2D eigenvalue weighted by Crippen LogP contribution is 2.55. The van der Waals surface area contributed by atoms with Gasteiger partial charge in [-0.15, -0.1) is 0 Å². The molecule has 4 bridgehead atoms. The second-order valence-electron chi connectivity index (χ2n) is 10.9. The predicted molar refractivity (Wildman–Crippen MR) is 119 cm³/mol. The molecule has 6 heteroatoms. The number of carbonyl (C=O) groups is 1. The summed E-state index contributed by atoms with van der Waals surface area (Å²) in [7, 11) is 0. The third-order valence-corrected chi connectivity index (χ3v) is 8.08. The van der Waals surface area contributed by atoms with Crippen LogP contribution in [0.15, 0.2) is 0 Å². The van der Waals surface area contributed by atoms with Crippen LogP contribution in [0, 0.1) is 31.6 Å². The van der Waals surface area contributed by atoms with Gasteiger partial charge in [-0.3, -0.25) is 0 Å². The first kappa shape index (κ1) is 20.1. The summed E-state index contributed by atoms with van der Waals surface area (Å²) in [5.74, 6) is 4.84. The molecule has 4 aliphatic carbocycles. The first-order valence-electron chi connectivity index (χ1n) is 12.0. The van der Waals surface area contributed by atoms with Crippen molar-refractivity contribution >= 4 is 11.8 Å². The third kappa shape index (κ3) is 3.56. The van der Waals surface area contributed by atoms with Gasteiger partial charge >= 0.3 is 6.03 Å². The zero-order chi connectivity index (χ0) is 21.0. The molecule has 1 aromatic rings. The highest BCUT2D eigenvalue weighted by atomic mass is 16.2. The lowest BCUT2D eigenvalue weighted by atomic mass is 9.53. The smallest absolute Gasteiger partial charge is 0.317 e. The summed E-state index contributed by atoms with van der Waals surface area (Å²) in [5.41, 5.74) is 2.41. The first-order chi connectivity index (χ1) is 14.3. The Balaban J connectivity index is 1.24. The monoisotopic (exact) mass is 411 g/mol. The molecule has 6 rings (SSSR count). The quantitative estimate of drug-likeness (QED) is 0.816. The first-order valence-corrected chi connectivity index (χ1v) is 12.0. The molecular formula is C24H37N5O. The summed E-state index contributed by atoms with van der Waals surface area (Å²) in [6.07, 6.45) is 7.85. The fraction of sp³-hybridized carbons (Fsp3) is 0.792. The number of nitrogens with zero attached hydrogens (tertiary/aromatic N) is 4. The Bertz CT molecular complexity index is 792. The van der Waals surface area contributed by atoms with Crippen molar-refractivity contribution in [3.63, 3.8) is 0 Å². The number of rotatable bonds is 3. The number of anilines is 1. The van der Waals surface area contributed by atoms with Gasteiger partial charge in [-0.1, -0.05) is 13.8 Å². The Morgan fingerprint density at radius 1 is 0.967 bits per heavy atom. The number of piperazine rings is 1. The molecule has 2 amide bonds. The van der Waals surface area contributed by atoms with Crippen LogP contribution >= 0.6 is 0 Å². The molecule has 0 aromatic carbocycles. The third-order valence-electron chi connectivity index (χ3n) is 8.08. The standard InChI is InChI=1S/C24H37N5O/c1-15(2)21-16(3)25-17(4)26-22(21)28-5-7-29(8-6-28)23(30)27-24-12-18-9-19(13-24)11-20(10-18)14-24/h15,18-20H,5-14H2,1-4H3,(H,27,30). The van der Waals surface area contributed by atoms with Gasteiger partial charge in [0, 0.05) is 43.0 Å². The van der Waals surface area contributed by atoms with E-state index in [1.807, 2.05) is 11.8 Å². The van der Waals surface area contributed by atoms with Crippen LogP contribution in [0.2, 0.25) is 0 Å². The van der Waals surface area contributed by atoms with Crippen LogP contribution in [0.1, 0.15) is 75.4 Å². The Labute approximate surface area is 180 Å². The molecule has 1 aliphatic heterocycles. The van der Waals surface area contributed by atoms with E-state index in [-0.39, 0.29) is 11.6 Å². The number of carbonyl (C=O) groups excluding carboxylic acids is 1. The second-order valence-corrected chi connectivity index (χ2v) is 10.9. The van der Waals surface area contributed by atoms with Gasteiger partial charge in [0.25, 0.3) is 0 Å². The summed E-state index contributed by atoms with van der Waals surface area (Å²) >= 11 is 0. The van der Waals surface area contributed by atoms with Gasteiger partial charge in [-0.2, -0.15) is 0 Å². The minimum atomic E-state index is 0.0919. The SMILES string of the molecule is Cc1nc(C)c(C(C)C)c(N2CCN(C(=O)NC34CC5CC(CC(C5)C3)C4)CC2)n1. The zero-order valence-corrected chi connectivity index (χ0v) is 19.1. The van der Waals surface area contributed by atoms with Crippen LogP contribution < -0.4 is 10.2 Å². The van der Waals surface area contributed by atoms with Crippen molar-refractivity contribution in [2.45, 2.75) is 77.7 Å². The summed E-state index contributed by atoms with van der Waals surface area (Å²) < 4.78 is 0. The van der Waals surface area contributed by atoms with E-state index in [1.54, 1.807) is 0 Å². The lowest BCUT2D eigenvalue weighted by Crippen LogP contribution is -2.63. The van der Waals surface area contributed by atoms with Gasteiger partial charge in [0.05, 0.1) is 0 Å². The lowest BCUT2D eigenvalue weighted by molar-refractivity contribution is -0.0157. The molecule has 6 nitrogen and oxygen atoms in total. The highest BCUT2D eigenvalue weighted by molar-refractivity contribution is 5.75. The van der Waals surface area contributed by atoms with E-state index in [2.05, 4.69) is 36.0 Å². The number of hydrogen-bond donors (Lipinski definition) is 1. The molecule has 0 atom stereocenters. The van der Waals surface area contributed by atoms with E-state index in [0.717, 1.165) is 61.3 Å².